The van der Waals surface area contributed by atoms with Crippen molar-refractivity contribution >= 4 is 29.3 Å². The molecule has 0 radical (unpaired) electrons. The van der Waals surface area contributed by atoms with E-state index in [1.165, 1.54) is 17.3 Å². The number of imide groups is 1. The third kappa shape index (κ3) is 3.79. The molecule has 1 aromatic heterocycles. The van der Waals surface area contributed by atoms with Crippen LogP contribution in [-0.4, -0.2) is 50.6 Å². The molecule has 2 N–H and O–H groups in total. The van der Waals surface area contributed by atoms with Crippen molar-refractivity contribution < 1.29 is 23.9 Å². The fourth-order valence-corrected chi connectivity index (χ4v) is 4.00. The number of carbonyl (C=O) groups excluding carboxylic acids is 4. The minimum absolute atomic E-state index is 0.171. The first-order valence-electron chi connectivity index (χ1n) is 10.6. The Hall–Kier alpha value is -3.82. The first-order valence-corrected chi connectivity index (χ1v) is 10.6. The lowest BCUT2D eigenvalue weighted by Gasteiger charge is -2.29. The number of aromatic nitrogens is 2. The monoisotopic (exact) mass is 435 g/mol. The number of rotatable bonds is 5. The lowest BCUT2D eigenvalue weighted by molar-refractivity contribution is -0.136. The Morgan fingerprint density at radius 3 is 2.59 bits per heavy atom. The van der Waals surface area contributed by atoms with Crippen LogP contribution >= 0.6 is 0 Å². The normalized spacial score (nSPS) is 20.4. The summed E-state index contributed by atoms with van der Waals surface area (Å²) < 4.78 is 5.61. The van der Waals surface area contributed by atoms with E-state index in [9.17, 15) is 19.2 Å². The quantitative estimate of drug-likeness (QED) is 0.679. The van der Waals surface area contributed by atoms with Crippen LogP contribution in [0.15, 0.2) is 30.6 Å². The van der Waals surface area contributed by atoms with Gasteiger partial charge >= 0.3 is 6.01 Å². The number of ether oxygens (including phenoxy) is 1. The van der Waals surface area contributed by atoms with Crippen LogP contribution in [0.2, 0.25) is 0 Å². The predicted octanol–water partition coefficient (Wildman–Crippen LogP) is 1.42. The molecule has 0 bridgehead atoms. The van der Waals surface area contributed by atoms with Crippen molar-refractivity contribution in [2.24, 2.45) is 0 Å². The summed E-state index contributed by atoms with van der Waals surface area (Å²) in [6.45, 7) is 0.206. The van der Waals surface area contributed by atoms with Gasteiger partial charge in [0.2, 0.25) is 11.8 Å². The summed E-state index contributed by atoms with van der Waals surface area (Å²) >= 11 is 0. The zero-order chi connectivity index (χ0) is 22.2. The molecule has 1 aliphatic carbocycles. The Labute approximate surface area is 183 Å². The number of hydrogen-bond donors (Lipinski definition) is 2. The van der Waals surface area contributed by atoms with Crippen molar-refractivity contribution in [1.82, 2.24) is 20.2 Å². The molecular weight excluding hydrogens is 414 g/mol. The van der Waals surface area contributed by atoms with Gasteiger partial charge in [0.25, 0.3) is 11.8 Å². The maximum atomic E-state index is 12.8. The molecule has 0 spiro atoms. The second-order valence-electron chi connectivity index (χ2n) is 8.15. The smallest absolute Gasteiger partial charge is 0.316 e. The van der Waals surface area contributed by atoms with Crippen molar-refractivity contribution in [2.75, 3.05) is 5.32 Å². The Kier molecular flexibility index (Phi) is 5.04. The highest BCUT2D eigenvalue weighted by Crippen LogP contribution is 2.28. The third-order valence-corrected chi connectivity index (χ3v) is 6.00. The van der Waals surface area contributed by atoms with E-state index in [0.29, 0.717) is 22.4 Å². The number of amides is 4. The minimum Gasteiger partial charge on any atom is -0.460 e. The lowest BCUT2D eigenvalue weighted by Crippen LogP contribution is -2.52. The van der Waals surface area contributed by atoms with Crippen LogP contribution in [0, 0.1) is 0 Å². The van der Waals surface area contributed by atoms with E-state index in [2.05, 4.69) is 20.6 Å². The van der Waals surface area contributed by atoms with Crippen molar-refractivity contribution in [3.05, 3.63) is 47.3 Å². The van der Waals surface area contributed by atoms with Gasteiger partial charge in [-0.2, -0.15) is 0 Å². The van der Waals surface area contributed by atoms with Crippen LogP contribution < -0.4 is 15.4 Å². The first kappa shape index (κ1) is 20.1. The van der Waals surface area contributed by atoms with E-state index < -0.39 is 11.9 Å². The van der Waals surface area contributed by atoms with E-state index in [4.69, 9.17) is 4.74 Å². The molecule has 2 fully saturated rings. The van der Waals surface area contributed by atoms with E-state index in [-0.39, 0.29) is 49.2 Å². The van der Waals surface area contributed by atoms with Crippen molar-refractivity contribution in [3.8, 4) is 6.01 Å². The molecular formula is C22H21N5O5. The van der Waals surface area contributed by atoms with Crippen LogP contribution in [-0.2, 0) is 16.1 Å². The zero-order valence-corrected chi connectivity index (χ0v) is 17.2. The molecule has 1 unspecified atom stereocenters. The number of anilines is 1. The highest BCUT2D eigenvalue weighted by atomic mass is 16.5. The molecule has 2 aromatic rings. The fourth-order valence-electron chi connectivity index (χ4n) is 4.00. The van der Waals surface area contributed by atoms with Gasteiger partial charge in [-0.3, -0.25) is 24.5 Å². The summed E-state index contributed by atoms with van der Waals surface area (Å²) in [5.74, 6) is -1.45. The minimum atomic E-state index is -0.692. The summed E-state index contributed by atoms with van der Waals surface area (Å²) in [7, 11) is 0. The Morgan fingerprint density at radius 2 is 1.91 bits per heavy atom. The van der Waals surface area contributed by atoms with Gasteiger partial charge in [-0.25, -0.2) is 9.97 Å². The van der Waals surface area contributed by atoms with Crippen LogP contribution in [0.25, 0.3) is 0 Å². The van der Waals surface area contributed by atoms with Crippen molar-refractivity contribution in [2.45, 2.75) is 50.8 Å². The topological polar surface area (TPSA) is 131 Å². The van der Waals surface area contributed by atoms with Gasteiger partial charge in [-0.05, 0) is 49.4 Å². The van der Waals surface area contributed by atoms with Crippen LogP contribution in [0.4, 0.5) is 5.69 Å². The molecule has 1 saturated heterocycles. The van der Waals surface area contributed by atoms with Gasteiger partial charge in [0, 0.05) is 24.1 Å². The van der Waals surface area contributed by atoms with Crippen LogP contribution in [0.5, 0.6) is 6.01 Å². The van der Waals surface area contributed by atoms with Crippen LogP contribution in [0.3, 0.4) is 0 Å². The number of hydrogen-bond acceptors (Lipinski definition) is 7. The Morgan fingerprint density at radius 1 is 1.12 bits per heavy atom. The molecule has 2 aliphatic heterocycles. The number of benzene rings is 1. The summed E-state index contributed by atoms with van der Waals surface area (Å²) in [6, 6.07) is 4.39. The summed E-state index contributed by atoms with van der Waals surface area (Å²) in [5, 5.41) is 5.01. The summed E-state index contributed by atoms with van der Waals surface area (Å²) in [5.41, 5.74) is 1.91. The zero-order valence-electron chi connectivity index (χ0n) is 17.2. The van der Waals surface area contributed by atoms with Gasteiger partial charge in [0.1, 0.15) is 12.1 Å². The molecule has 10 heteroatoms. The molecule has 3 aliphatic rings. The molecule has 3 heterocycles. The average Bonchev–Trinajstić information content (AvgIpc) is 3.07. The number of nitrogens with one attached hydrogen (secondary N) is 2. The van der Waals surface area contributed by atoms with Gasteiger partial charge < -0.3 is 15.0 Å². The number of nitrogens with zero attached hydrogens (tertiary/aromatic N) is 3. The molecule has 5 rings (SSSR count). The second-order valence-corrected chi connectivity index (χ2v) is 8.15. The van der Waals surface area contributed by atoms with Gasteiger partial charge in [0.15, 0.2) is 0 Å². The molecule has 4 amide bonds. The largest absolute Gasteiger partial charge is 0.460 e. The molecule has 164 valence electrons. The molecule has 32 heavy (non-hydrogen) atoms. The fraction of sp³-hybridized carbons (Fsp3) is 0.364. The first-order chi connectivity index (χ1) is 15.5. The van der Waals surface area contributed by atoms with Crippen LogP contribution in [0.1, 0.15) is 58.4 Å². The highest BCUT2D eigenvalue weighted by Gasteiger charge is 2.39. The van der Waals surface area contributed by atoms with Gasteiger partial charge in [-0.1, -0.05) is 0 Å². The van der Waals surface area contributed by atoms with E-state index in [1.54, 1.807) is 18.2 Å². The highest BCUT2D eigenvalue weighted by molar-refractivity contribution is 6.07. The Balaban J connectivity index is 1.25. The van der Waals surface area contributed by atoms with Gasteiger partial charge in [0.05, 0.1) is 18.1 Å². The number of piperidine rings is 1. The second kappa shape index (κ2) is 8.03. The van der Waals surface area contributed by atoms with E-state index >= 15 is 0 Å². The molecule has 1 saturated carbocycles. The lowest BCUT2D eigenvalue weighted by atomic mass is 9.96. The standard InChI is InChI=1S/C22H21N5O5/c28-18-7-6-17(20(30)26-18)27-11-13-8-12(4-5-16(13)21(27)31)19(29)25-14-9-23-22(24-10-14)32-15-2-1-3-15/h4-5,8-10,15,17H,1-3,6-7,11H2,(H,25,29)(H,26,28,30). The maximum Gasteiger partial charge on any atom is 0.316 e. The van der Waals surface area contributed by atoms with E-state index in [0.717, 1.165) is 19.3 Å². The SMILES string of the molecule is O=C1CCC(N2Cc3cc(C(=O)Nc4cnc(OC5CCC5)nc4)ccc3C2=O)C(=O)N1. The summed E-state index contributed by atoms with van der Waals surface area (Å²) in [6.07, 6.45) is 6.78. The van der Waals surface area contributed by atoms with Crippen molar-refractivity contribution in [1.29, 1.82) is 0 Å². The number of fused-ring (bicyclic) bond motifs is 1. The molecule has 10 nitrogen and oxygen atoms in total. The summed E-state index contributed by atoms with van der Waals surface area (Å²) in [4.78, 5) is 58.7. The third-order valence-electron chi connectivity index (χ3n) is 6.00. The van der Waals surface area contributed by atoms with E-state index in [1.807, 2.05) is 0 Å². The average molecular weight is 435 g/mol. The molecule has 1 atom stereocenters. The van der Waals surface area contributed by atoms with Crippen molar-refractivity contribution in [3.63, 3.8) is 0 Å². The Bertz CT molecular complexity index is 1110. The maximum absolute atomic E-state index is 12.8. The number of carbonyl (C=O) groups is 4. The predicted molar refractivity (Wildman–Crippen MR) is 111 cm³/mol. The molecule has 1 aromatic carbocycles. The van der Waals surface area contributed by atoms with Gasteiger partial charge in [-0.15, -0.1) is 0 Å².